The number of aromatic nitrogens is 3. The highest BCUT2D eigenvalue weighted by atomic mass is 32.2. The number of hydrogen-bond donors (Lipinski definition) is 1. The van der Waals surface area contributed by atoms with Crippen molar-refractivity contribution in [3.63, 3.8) is 0 Å². The number of benzene rings is 1. The predicted octanol–water partition coefficient (Wildman–Crippen LogP) is 3.76. The minimum absolute atomic E-state index is 0.0870. The molecule has 0 spiro atoms. The fourth-order valence-corrected chi connectivity index (χ4v) is 4.06. The molecule has 3 aromatic rings. The van der Waals surface area contributed by atoms with Crippen molar-refractivity contribution in [1.29, 1.82) is 0 Å². The van der Waals surface area contributed by atoms with Crippen LogP contribution in [0.3, 0.4) is 0 Å². The van der Waals surface area contributed by atoms with Crippen molar-refractivity contribution in [2.45, 2.75) is 52.0 Å². The molecule has 0 aliphatic heterocycles. The van der Waals surface area contributed by atoms with Crippen LogP contribution in [0.25, 0.3) is 11.0 Å². The minimum Gasteiger partial charge on any atom is -0.348 e. The zero-order valence-electron chi connectivity index (χ0n) is 17.6. The molecular formula is C22H28N4O2S. The van der Waals surface area contributed by atoms with Gasteiger partial charge >= 0.3 is 0 Å². The summed E-state index contributed by atoms with van der Waals surface area (Å²) in [6, 6.07) is 11.6. The zero-order valence-corrected chi connectivity index (χ0v) is 18.4. The van der Waals surface area contributed by atoms with Gasteiger partial charge in [0.1, 0.15) is 12.1 Å². The first-order valence-corrected chi connectivity index (χ1v) is 11.0. The van der Waals surface area contributed by atoms with Gasteiger partial charge in [-0.3, -0.25) is 14.2 Å². The summed E-state index contributed by atoms with van der Waals surface area (Å²) < 4.78 is 3.50. The lowest BCUT2D eigenvalue weighted by Crippen LogP contribution is -2.32. The molecule has 1 atom stereocenters. The summed E-state index contributed by atoms with van der Waals surface area (Å²) in [4.78, 5) is 30.7. The summed E-state index contributed by atoms with van der Waals surface area (Å²) in [5, 5.41) is 3.73. The summed E-state index contributed by atoms with van der Waals surface area (Å²) in [5.74, 6) is 0.183. The molecule has 0 aliphatic rings. The molecule has 2 aromatic heterocycles. The quantitative estimate of drug-likeness (QED) is 0.474. The summed E-state index contributed by atoms with van der Waals surface area (Å²) >= 11 is 1.46. The summed E-state index contributed by atoms with van der Waals surface area (Å²) in [6.07, 6.45) is 1.92. The molecule has 0 saturated heterocycles. The van der Waals surface area contributed by atoms with Gasteiger partial charge in [0.15, 0.2) is 5.16 Å². The summed E-state index contributed by atoms with van der Waals surface area (Å²) in [5.41, 5.74) is 2.93. The molecule has 6 nitrogen and oxygen atoms in total. The second-order valence-electron chi connectivity index (χ2n) is 7.71. The topological polar surface area (TPSA) is 68.9 Å². The molecule has 0 bridgehead atoms. The third kappa shape index (κ3) is 4.56. The van der Waals surface area contributed by atoms with Gasteiger partial charge < -0.3 is 9.88 Å². The van der Waals surface area contributed by atoms with Crippen LogP contribution < -0.4 is 10.9 Å². The van der Waals surface area contributed by atoms with Gasteiger partial charge in [0.05, 0.1) is 11.6 Å². The van der Waals surface area contributed by atoms with Crippen LogP contribution in [0.4, 0.5) is 0 Å². The maximum absolute atomic E-state index is 13.3. The van der Waals surface area contributed by atoms with E-state index in [1.54, 1.807) is 9.13 Å². The van der Waals surface area contributed by atoms with Gasteiger partial charge in [0.2, 0.25) is 5.91 Å². The minimum atomic E-state index is -0.134. The van der Waals surface area contributed by atoms with Gasteiger partial charge in [-0.1, -0.05) is 55.9 Å². The fraction of sp³-hybridized carbons (Fsp3) is 0.409. The first kappa shape index (κ1) is 21.2. The van der Waals surface area contributed by atoms with Gasteiger partial charge in [-0.2, -0.15) is 0 Å². The highest BCUT2D eigenvalue weighted by Gasteiger charge is 2.19. The number of rotatable bonds is 7. The van der Waals surface area contributed by atoms with Crippen molar-refractivity contribution in [2.75, 3.05) is 6.26 Å². The van der Waals surface area contributed by atoms with Crippen LogP contribution in [0.15, 0.2) is 46.3 Å². The normalized spacial score (nSPS) is 12.5. The average Bonchev–Trinajstić information content (AvgIpc) is 2.99. The Bertz CT molecular complexity index is 1070. The fourth-order valence-electron chi connectivity index (χ4n) is 3.49. The molecule has 29 heavy (non-hydrogen) atoms. The molecule has 1 aromatic carbocycles. The van der Waals surface area contributed by atoms with Gasteiger partial charge in [-0.25, -0.2) is 4.98 Å². The van der Waals surface area contributed by atoms with E-state index in [1.807, 2.05) is 56.5 Å². The van der Waals surface area contributed by atoms with Gasteiger partial charge in [0, 0.05) is 12.2 Å². The number of thioether (sulfide) groups is 1. The molecule has 1 unspecified atom stereocenters. The Morgan fingerprint density at radius 1 is 1.17 bits per heavy atom. The smallest absolute Gasteiger partial charge is 0.278 e. The van der Waals surface area contributed by atoms with Gasteiger partial charge in [0.25, 0.3) is 5.56 Å². The van der Waals surface area contributed by atoms with Crippen molar-refractivity contribution in [1.82, 2.24) is 19.4 Å². The standard InChI is InChI=1S/C22H28N4O2S/c1-14(2)12-26-21(28)20-18(24-22(26)29-5)11-15(3)25(20)13-19(27)23-16(4)17-9-7-6-8-10-17/h6-11,14,16H,12-13H2,1-5H3,(H,23,27). The molecule has 1 amide bonds. The molecule has 3 rings (SSSR count). The zero-order chi connectivity index (χ0) is 21.1. The Morgan fingerprint density at radius 3 is 2.48 bits per heavy atom. The third-order valence-corrected chi connectivity index (χ3v) is 5.56. The number of carbonyl (C=O) groups is 1. The Kier molecular flexibility index (Phi) is 6.47. The molecule has 154 valence electrons. The SMILES string of the molecule is CSc1nc2cc(C)n(CC(=O)NC(C)c3ccccc3)c2c(=O)n1CC(C)C. The summed E-state index contributed by atoms with van der Waals surface area (Å²) in [6.45, 7) is 8.69. The number of nitrogens with one attached hydrogen (secondary N) is 1. The summed E-state index contributed by atoms with van der Waals surface area (Å²) in [7, 11) is 0. The van der Waals surface area contributed by atoms with E-state index >= 15 is 0 Å². The van der Waals surface area contributed by atoms with Crippen molar-refractivity contribution < 1.29 is 4.79 Å². The second kappa shape index (κ2) is 8.86. The largest absolute Gasteiger partial charge is 0.348 e. The van der Waals surface area contributed by atoms with Gasteiger partial charge in [-0.15, -0.1) is 0 Å². The van der Waals surface area contributed by atoms with Crippen molar-refractivity contribution in [3.8, 4) is 0 Å². The van der Waals surface area contributed by atoms with Crippen LogP contribution in [0.2, 0.25) is 0 Å². The molecule has 7 heteroatoms. The number of nitrogens with zero attached hydrogens (tertiary/aromatic N) is 3. The van der Waals surface area contributed by atoms with Crippen LogP contribution >= 0.6 is 11.8 Å². The van der Waals surface area contributed by atoms with Crippen LogP contribution in [-0.2, 0) is 17.9 Å². The van der Waals surface area contributed by atoms with Crippen LogP contribution in [-0.4, -0.2) is 26.3 Å². The molecule has 1 N–H and O–H groups in total. The number of hydrogen-bond acceptors (Lipinski definition) is 4. The molecule has 0 fully saturated rings. The Labute approximate surface area is 175 Å². The average molecular weight is 413 g/mol. The lowest BCUT2D eigenvalue weighted by Gasteiger charge is -2.16. The van der Waals surface area contributed by atoms with E-state index in [9.17, 15) is 9.59 Å². The van der Waals surface area contributed by atoms with Crippen LogP contribution in [0, 0.1) is 12.8 Å². The van der Waals surface area contributed by atoms with Crippen LogP contribution in [0.1, 0.15) is 38.1 Å². The van der Waals surface area contributed by atoms with E-state index < -0.39 is 0 Å². The van der Waals surface area contributed by atoms with E-state index in [0.717, 1.165) is 11.3 Å². The number of amides is 1. The van der Waals surface area contributed by atoms with E-state index in [1.165, 1.54) is 11.8 Å². The second-order valence-corrected chi connectivity index (χ2v) is 8.49. The van der Waals surface area contributed by atoms with Crippen molar-refractivity contribution in [3.05, 3.63) is 58.0 Å². The number of aryl methyl sites for hydroxylation is 1. The van der Waals surface area contributed by atoms with Crippen molar-refractivity contribution in [2.24, 2.45) is 5.92 Å². The number of fused-ring (bicyclic) bond motifs is 1. The van der Waals surface area contributed by atoms with E-state index in [-0.39, 0.29) is 24.1 Å². The maximum atomic E-state index is 13.3. The molecular weight excluding hydrogens is 384 g/mol. The first-order chi connectivity index (χ1) is 13.8. The van der Waals surface area contributed by atoms with E-state index in [0.29, 0.717) is 28.7 Å². The third-order valence-electron chi connectivity index (χ3n) is 4.89. The molecule has 2 heterocycles. The maximum Gasteiger partial charge on any atom is 0.278 e. The Hall–Kier alpha value is -2.54. The lowest BCUT2D eigenvalue weighted by molar-refractivity contribution is -0.122. The van der Waals surface area contributed by atoms with Gasteiger partial charge in [-0.05, 0) is 37.7 Å². The van der Waals surface area contributed by atoms with E-state index in [4.69, 9.17) is 0 Å². The lowest BCUT2D eigenvalue weighted by atomic mass is 10.1. The highest BCUT2D eigenvalue weighted by Crippen LogP contribution is 2.20. The first-order valence-electron chi connectivity index (χ1n) is 9.80. The van der Waals surface area contributed by atoms with E-state index in [2.05, 4.69) is 24.1 Å². The highest BCUT2D eigenvalue weighted by molar-refractivity contribution is 7.98. The molecule has 0 saturated carbocycles. The molecule has 0 aliphatic carbocycles. The Balaban J connectivity index is 1.94. The Morgan fingerprint density at radius 2 is 1.86 bits per heavy atom. The van der Waals surface area contributed by atoms with Crippen LogP contribution in [0.5, 0.6) is 0 Å². The number of carbonyl (C=O) groups excluding carboxylic acids is 1. The van der Waals surface area contributed by atoms with Crippen molar-refractivity contribution >= 4 is 28.7 Å². The predicted molar refractivity (Wildman–Crippen MR) is 118 cm³/mol. The monoisotopic (exact) mass is 412 g/mol. The molecule has 0 radical (unpaired) electrons.